The third-order valence-electron chi connectivity index (χ3n) is 4.90. The zero-order valence-corrected chi connectivity index (χ0v) is 20.3. The molecule has 10 heteroatoms. The van der Waals surface area contributed by atoms with Crippen molar-refractivity contribution in [2.45, 2.75) is 32.0 Å². The van der Waals surface area contributed by atoms with E-state index in [9.17, 15) is 14.4 Å². The lowest BCUT2D eigenvalue weighted by Gasteiger charge is -2.14. The fourth-order valence-corrected chi connectivity index (χ4v) is 3.91. The lowest BCUT2D eigenvalue weighted by Crippen LogP contribution is -2.28. The Morgan fingerprint density at radius 1 is 1.09 bits per heavy atom. The Morgan fingerprint density at radius 3 is 2.50 bits per heavy atom. The van der Waals surface area contributed by atoms with Gasteiger partial charge in [0.2, 0.25) is 5.91 Å². The molecule has 0 radical (unpaired) electrons. The highest BCUT2D eigenvalue weighted by Crippen LogP contribution is 2.20. The molecule has 1 atom stereocenters. The van der Waals surface area contributed by atoms with Gasteiger partial charge in [0, 0.05) is 18.3 Å². The molecule has 3 rings (SSSR count). The molecule has 1 aromatic heterocycles. The van der Waals surface area contributed by atoms with E-state index in [0.717, 1.165) is 5.56 Å². The van der Waals surface area contributed by atoms with Crippen LogP contribution in [0.15, 0.2) is 53.7 Å². The van der Waals surface area contributed by atoms with Gasteiger partial charge in [-0.25, -0.2) is 4.79 Å². The van der Waals surface area contributed by atoms with Crippen LogP contribution < -0.4 is 10.6 Å². The molecule has 2 amide bonds. The number of nitrogens with zero attached hydrogens (tertiary/aromatic N) is 3. The van der Waals surface area contributed by atoms with E-state index >= 15 is 0 Å². The van der Waals surface area contributed by atoms with E-state index in [0.29, 0.717) is 34.4 Å². The average Bonchev–Trinajstić information content (AvgIpc) is 3.18. The fourth-order valence-electron chi connectivity index (χ4n) is 3.19. The van der Waals surface area contributed by atoms with Crippen LogP contribution in [0.4, 0.5) is 5.69 Å². The fraction of sp³-hybridized carbons (Fsp3) is 0.292. The zero-order chi connectivity index (χ0) is 24.7. The van der Waals surface area contributed by atoms with Gasteiger partial charge in [0.05, 0.1) is 24.0 Å². The van der Waals surface area contributed by atoms with Gasteiger partial charge in [0.1, 0.15) is 0 Å². The van der Waals surface area contributed by atoms with E-state index in [1.807, 2.05) is 32.0 Å². The Kier molecular flexibility index (Phi) is 8.42. The maximum atomic E-state index is 12.5. The molecule has 0 fully saturated rings. The summed E-state index contributed by atoms with van der Waals surface area (Å²) in [7, 11) is 1.79. The van der Waals surface area contributed by atoms with Gasteiger partial charge >= 0.3 is 5.97 Å². The summed E-state index contributed by atoms with van der Waals surface area (Å²) >= 11 is 1.23. The number of aromatic nitrogens is 3. The number of nitrogens with one attached hydrogen (secondary N) is 2. The molecule has 0 aliphatic rings. The van der Waals surface area contributed by atoms with E-state index in [-0.39, 0.29) is 23.6 Å². The molecule has 0 aliphatic heterocycles. The Morgan fingerprint density at radius 2 is 1.82 bits per heavy atom. The summed E-state index contributed by atoms with van der Waals surface area (Å²) < 4.78 is 6.70. The minimum atomic E-state index is -0.404. The highest BCUT2D eigenvalue weighted by atomic mass is 32.2. The summed E-state index contributed by atoms with van der Waals surface area (Å²) in [6.45, 7) is 5.81. The SMILES string of the molecule is CCOC(=O)c1ccc(NC(=O)CSc2nnc([C@@H](C)NC(=O)c3cccc(C)c3)n2C)cc1. The molecular formula is C24H27N5O4S. The summed E-state index contributed by atoms with van der Waals surface area (Å²) in [5.41, 5.74) is 2.58. The number of aryl methyl sites for hydroxylation is 1. The van der Waals surface area contributed by atoms with E-state index in [1.165, 1.54) is 11.8 Å². The van der Waals surface area contributed by atoms with Crippen LogP contribution in [0, 0.1) is 6.92 Å². The van der Waals surface area contributed by atoms with E-state index < -0.39 is 5.97 Å². The Hall–Kier alpha value is -3.66. The second-order valence-corrected chi connectivity index (χ2v) is 8.54. The minimum Gasteiger partial charge on any atom is -0.462 e. The zero-order valence-electron chi connectivity index (χ0n) is 19.5. The van der Waals surface area contributed by atoms with Crippen LogP contribution in [-0.2, 0) is 16.6 Å². The molecule has 1 heterocycles. The number of thioether (sulfide) groups is 1. The van der Waals surface area contributed by atoms with Gasteiger partial charge in [-0.3, -0.25) is 9.59 Å². The molecule has 178 valence electrons. The van der Waals surface area contributed by atoms with Crippen LogP contribution in [-0.4, -0.2) is 44.9 Å². The highest BCUT2D eigenvalue weighted by Gasteiger charge is 2.19. The van der Waals surface area contributed by atoms with Crippen molar-refractivity contribution in [3.05, 3.63) is 71.0 Å². The Balaban J connectivity index is 1.54. The third-order valence-corrected chi connectivity index (χ3v) is 5.92. The first-order valence-corrected chi connectivity index (χ1v) is 11.7. The first kappa shape index (κ1) is 25.0. The van der Waals surface area contributed by atoms with Crippen LogP contribution in [0.2, 0.25) is 0 Å². The molecule has 0 unspecified atom stereocenters. The summed E-state index contributed by atoms with van der Waals surface area (Å²) in [4.78, 5) is 36.6. The maximum absolute atomic E-state index is 12.5. The average molecular weight is 482 g/mol. The van der Waals surface area contributed by atoms with Crippen molar-refractivity contribution in [3.8, 4) is 0 Å². The molecule has 0 saturated carbocycles. The van der Waals surface area contributed by atoms with E-state index in [1.54, 1.807) is 48.9 Å². The van der Waals surface area contributed by atoms with Gasteiger partial charge in [0.25, 0.3) is 5.91 Å². The summed E-state index contributed by atoms with van der Waals surface area (Å²) in [6.07, 6.45) is 0. The number of ether oxygens (including phenoxy) is 1. The second kappa shape index (κ2) is 11.5. The number of carbonyl (C=O) groups is 3. The van der Waals surface area contributed by atoms with Crippen molar-refractivity contribution in [2.75, 3.05) is 17.7 Å². The lowest BCUT2D eigenvalue weighted by molar-refractivity contribution is -0.113. The van der Waals surface area contributed by atoms with Crippen molar-refractivity contribution >= 4 is 35.2 Å². The summed E-state index contributed by atoms with van der Waals surface area (Å²) in [6, 6.07) is 13.5. The molecule has 0 spiro atoms. The van der Waals surface area contributed by atoms with Crippen LogP contribution in [0.1, 0.15) is 52.0 Å². The third kappa shape index (κ3) is 6.44. The molecule has 34 heavy (non-hydrogen) atoms. The number of benzene rings is 2. The topological polar surface area (TPSA) is 115 Å². The molecule has 0 aliphatic carbocycles. The van der Waals surface area contributed by atoms with Gasteiger partial charge in [-0.1, -0.05) is 29.5 Å². The molecule has 9 nitrogen and oxygen atoms in total. The second-order valence-electron chi connectivity index (χ2n) is 7.60. The Bertz CT molecular complexity index is 1180. The normalized spacial score (nSPS) is 11.5. The number of carbonyl (C=O) groups excluding carboxylic acids is 3. The van der Waals surface area contributed by atoms with Gasteiger partial charge < -0.3 is 19.9 Å². The van der Waals surface area contributed by atoms with Crippen molar-refractivity contribution < 1.29 is 19.1 Å². The smallest absolute Gasteiger partial charge is 0.338 e. The van der Waals surface area contributed by atoms with Gasteiger partial charge in [0.15, 0.2) is 11.0 Å². The lowest BCUT2D eigenvalue weighted by atomic mass is 10.1. The number of rotatable bonds is 9. The monoisotopic (exact) mass is 481 g/mol. The molecule has 2 N–H and O–H groups in total. The number of hydrogen-bond donors (Lipinski definition) is 2. The number of amides is 2. The first-order chi connectivity index (χ1) is 16.3. The predicted octanol–water partition coefficient (Wildman–Crippen LogP) is 3.52. The van der Waals surface area contributed by atoms with Gasteiger partial charge in [-0.2, -0.15) is 0 Å². The van der Waals surface area contributed by atoms with Crippen molar-refractivity contribution in [2.24, 2.45) is 7.05 Å². The van der Waals surface area contributed by atoms with Crippen LogP contribution in [0.3, 0.4) is 0 Å². The molecule has 2 aromatic carbocycles. The molecule has 0 bridgehead atoms. The van der Waals surface area contributed by atoms with Crippen LogP contribution in [0.5, 0.6) is 0 Å². The highest BCUT2D eigenvalue weighted by molar-refractivity contribution is 7.99. The predicted molar refractivity (Wildman–Crippen MR) is 130 cm³/mol. The standard InChI is InChI=1S/C24H27N5O4S/c1-5-33-23(32)17-9-11-19(12-10-17)26-20(30)14-34-24-28-27-21(29(24)4)16(3)25-22(31)18-8-6-7-15(2)13-18/h6-13,16H,5,14H2,1-4H3,(H,25,31)(H,26,30)/t16-/m1/s1. The van der Waals surface area contributed by atoms with Gasteiger partial charge in [-0.05, 0) is 57.2 Å². The van der Waals surface area contributed by atoms with E-state index in [2.05, 4.69) is 20.8 Å². The molecule has 3 aromatic rings. The van der Waals surface area contributed by atoms with Crippen LogP contribution in [0.25, 0.3) is 0 Å². The van der Waals surface area contributed by atoms with Crippen molar-refractivity contribution in [1.29, 1.82) is 0 Å². The number of esters is 1. The number of hydrogen-bond acceptors (Lipinski definition) is 7. The van der Waals surface area contributed by atoms with E-state index in [4.69, 9.17) is 4.74 Å². The summed E-state index contributed by atoms with van der Waals surface area (Å²) in [5.74, 6) is -0.118. The van der Waals surface area contributed by atoms with Gasteiger partial charge in [-0.15, -0.1) is 10.2 Å². The number of anilines is 1. The summed E-state index contributed by atoms with van der Waals surface area (Å²) in [5, 5.41) is 14.6. The molecular weight excluding hydrogens is 454 g/mol. The minimum absolute atomic E-state index is 0.121. The largest absolute Gasteiger partial charge is 0.462 e. The van der Waals surface area contributed by atoms with Crippen molar-refractivity contribution in [3.63, 3.8) is 0 Å². The van der Waals surface area contributed by atoms with Crippen molar-refractivity contribution in [1.82, 2.24) is 20.1 Å². The Labute approximate surface area is 202 Å². The maximum Gasteiger partial charge on any atom is 0.338 e. The molecule has 0 saturated heterocycles. The first-order valence-electron chi connectivity index (χ1n) is 10.7. The quantitative estimate of drug-likeness (QED) is 0.355. The van der Waals surface area contributed by atoms with Crippen LogP contribution >= 0.6 is 11.8 Å².